The van der Waals surface area contributed by atoms with Crippen molar-refractivity contribution in [3.05, 3.63) is 0 Å². The van der Waals surface area contributed by atoms with Gasteiger partial charge in [0, 0.05) is 6.54 Å². The molecule has 2 aliphatic rings. The summed E-state index contributed by atoms with van der Waals surface area (Å²) in [6.45, 7) is 0.761. The van der Waals surface area contributed by atoms with E-state index < -0.39 is 16.0 Å². The number of carboxylic acid groups (broad SMARTS) is 1. The van der Waals surface area contributed by atoms with Crippen molar-refractivity contribution in [1.82, 2.24) is 4.31 Å². The summed E-state index contributed by atoms with van der Waals surface area (Å²) in [4.78, 5) is 10.5. The number of carboxylic acids is 1. The van der Waals surface area contributed by atoms with Crippen LogP contribution in [0.3, 0.4) is 0 Å². The molecule has 0 aromatic heterocycles. The SMILES string of the molecule is O=C(O)CCS(=O)(=O)N1CCOC2CCCCC21. The molecule has 0 bridgehead atoms. The molecule has 104 valence electrons. The molecule has 0 radical (unpaired) electrons. The fourth-order valence-electron chi connectivity index (χ4n) is 2.74. The molecule has 2 atom stereocenters. The van der Waals surface area contributed by atoms with Crippen LogP contribution in [0, 0.1) is 0 Å². The minimum Gasteiger partial charge on any atom is -0.481 e. The van der Waals surface area contributed by atoms with Crippen LogP contribution in [-0.4, -0.2) is 54.8 Å². The van der Waals surface area contributed by atoms with Gasteiger partial charge in [-0.3, -0.25) is 4.79 Å². The van der Waals surface area contributed by atoms with Gasteiger partial charge in [0.2, 0.25) is 10.0 Å². The van der Waals surface area contributed by atoms with E-state index in [0.717, 1.165) is 25.7 Å². The molecule has 1 heterocycles. The van der Waals surface area contributed by atoms with Gasteiger partial charge < -0.3 is 9.84 Å². The Morgan fingerprint density at radius 1 is 1.33 bits per heavy atom. The van der Waals surface area contributed by atoms with E-state index in [-0.39, 0.29) is 24.3 Å². The number of fused-ring (bicyclic) bond motifs is 1. The number of sulfonamides is 1. The third kappa shape index (κ3) is 3.02. The predicted octanol–water partition coefficient (Wildman–Crippen LogP) is 0.434. The summed E-state index contributed by atoms with van der Waals surface area (Å²) in [6.07, 6.45) is 3.45. The Labute approximate surface area is 107 Å². The van der Waals surface area contributed by atoms with Crippen LogP contribution in [0.2, 0.25) is 0 Å². The van der Waals surface area contributed by atoms with E-state index in [4.69, 9.17) is 9.84 Å². The fourth-order valence-corrected chi connectivity index (χ4v) is 4.41. The number of ether oxygens (including phenoxy) is 1. The van der Waals surface area contributed by atoms with E-state index in [0.29, 0.717) is 13.2 Å². The lowest BCUT2D eigenvalue weighted by atomic mass is 9.91. The molecular weight excluding hydrogens is 258 g/mol. The number of hydrogen-bond acceptors (Lipinski definition) is 4. The van der Waals surface area contributed by atoms with E-state index in [1.165, 1.54) is 4.31 Å². The molecule has 18 heavy (non-hydrogen) atoms. The van der Waals surface area contributed by atoms with E-state index in [2.05, 4.69) is 0 Å². The third-order valence-corrected chi connectivity index (χ3v) is 5.50. The van der Waals surface area contributed by atoms with Crippen LogP contribution >= 0.6 is 0 Å². The normalized spacial score (nSPS) is 29.8. The Kier molecular flexibility index (Phi) is 4.24. The summed E-state index contributed by atoms with van der Waals surface area (Å²) < 4.78 is 31.4. The zero-order valence-corrected chi connectivity index (χ0v) is 11.1. The van der Waals surface area contributed by atoms with Gasteiger partial charge in [-0.2, -0.15) is 4.31 Å². The molecule has 2 rings (SSSR count). The molecule has 0 aromatic rings. The van der Waals surface area contributed by atoms with E-state index >= 15 is 0 Å². The van der Waals surface area contributed by atoms with Crippen molar-refractivity contribution in [2.75, 3.05) is 18.9 Å². The largest absolute Gasteiger partial charge is 0.481 e. The van der Waals surface area contributed by atoms with Crippen molar-refractivity contribution in [1.29, 1.82) is 0 Å². The number of morpholine rings is 1. The van der Waals surface area contributed by atoms with Crippen molar-refractivity contribution in [3.63, 3.8) is 0 Å². The van der Waals surface area contributed by atoms with Crippen molar-refractivity contribution < 1.29 is 23.1 Å². The molecule has 1 N–H and O–H groups in total. The van der Waals surface area contributed by atoms with Crippen molar-refractivity contribution in [2.45, 2.75) is 44.2 Å². The van der Waals surface area contributed by atoms with Crippen molar-refractivity contribution in [3.8, 4) is 0 Å². The van der Waals surface area contributed by atoms with Crippen LogP contribution in [0.1, 0.15) is 32.1 Å². The third-order valence-electron chi connectivity index (χ3n) is 3.61. The molecule has 1 aliphatic carbocycles. The first-order valence-electron chi connectivity index (χ1n) is 6.33. The average molecular weight is 277 g/mol. The maximum Gasteiger partial charge on any atom is 0.304 e. The summed E-state index contributed by atoms with van der Waals surface area (Å²) in [6, 6.07) is -0.0914. The quantitative estimate of drug-likeness (QED) is 0.806. The Hall–Kier alpha value is -0.660. The summed E-state index contributed by atoms with van der Waals surface area (Å²) in [7, 11) is -3.48. The van der Waals surface area contributed by atoms with Gasteiger partial charge in [-0.05, 0) is 12.8 Å². The van der Waals surface area contributed by atoms with Gasteiger partial charge in [-0.1, -0.05) is 12.8 Å². The minimum absolute atomic E-state index is 0.00731. The molecule has 1 saturated carbocycles. The van der Waals surface area contributed by atoms with Crippen molar-refractivity contribution in [2.24, 2.45) is 0 Å². The van der Waals surface area contributed by atoms with Gasteiger partial charge in [0.05, 0.1) is 30.9 Å². The zero-order valence-electron chi connectivity index (χ0n) is 10.2. The molecule has 7 heteroatoms. The second-order valence-electron chi connectivity index (χ2n) is 4.83. The maximum absolute atomic E-state index is 12.2. The Balaban J connectivity index is 2.07. The number of rotatable bonds is 4. The molecule has 0 aromatic carbocycles. The number of aliphatic carboxylic acids is 1. The average Bonchev–Trinajstić information content (AvgIpc) is 2.36. The fraction of sp³-hybridized carbons (Fsp3) is 0.909. The van der Waals surface area contributed by atoms with E-state index in [1.54, 1.807) is 0 Å². The first kappa shape index (κ1) is 13.8. The van der Waals surface area contributed by atoms with Gasteiger partial charge in [-0.25, -0.2) is 8.42 Å². The van der Waals surface area contributed by atoms with Crippen LogP contribution in [0.25, 0.3) is 0 Å². The second-order valence-corrected chi connectivity index (χ2v) is 6.87. The number of hydrogen-bond donors (Lipinski definition) is 1. The standard InChI is InChI=1S/C11H19NO5S/c13-11(14)5-8-18(15,16)12-6-7-17-10-4-2-1-3-9(10)12/h9-10H,1-8H2,(H,13,14). The molecular formula is C11H19NO5S. The smallest absolute Gasteiger partial charge is 0.304 e. The van der Waals surface area contributed by atoms with Crippen LogP contribution in [-0.2, 0) is 19.6 Å². The van der Waals surface area contributed by atoms with Crippen molar-refractivity contribution >= 4 is 16.0 Å². The van der Waals surface area contributed by atoms with Crippen LogP contribution in [0.5, 0.6) is 0 Å². The molecule has 6 nitrogen and oxygen atoms in total. The molecule has 2 unspecified atom stereocenters. The summed E-state index contributed by atoms with van der Waals surface area (Å²) in [5, 5.41) is 8.60. The summed E-state index contributed by atoms with van der Waals surface area (Å²) in [5.41, 5.74) is 0. The van der Waals surface area contributed by atoms with E-state index in [9.17, 15) is 13.2 Å². The lowest BCUT2D eigenvalue weighted by molar-refractivity contribution is -0.136. The molecule has 1 saturated heterocycles. The van der Waals surface area contributed by atoms with Crippen LogP contribution in [0.15, 0.2) is 0 Å². The predicted molar refractivity (Wildman–Crippen MR) is 64.7 cm³/mol. The number of nitrogens with zero attached hydrogens (tertiary/aromatic N) is 1. The lowest BCUT2D eigenvalue weighted by Gasteiger charge is -2.42. The highest BCUT2D eigenvalue weighted by molar-refractivity contribution is 7.89. The van der Waals surface area contributed by atoms with Crippen LogP contribution in [0.4, 0.5) is 0 Å². The Bertz CT molecular complexity index is 406. The van der Waals surface area contributed by atoms with E-state index in [1.807, 2.05) is 0 Å². The minimum atomic E-state index is -3.48. The second kappa shape index (κ2) is 5.54. The van der Waals surface area contributed by atoms with Crippen LogP contribution < -0.4 is 0 Å². The molecule has 0 amide bonds. The Morgan fingerprint density at radius 2 is 2.06 bits per heavy atom. The number of carbonyl (C=O) groups is 1. The van der Waals surface area contributed by atoms with Gasteiger partial charge >= 0.3 is 5.97 Å². The van der Waals surface area contributed by atoms with Gasteiger partial charge in [0.1, 0.15) is 0 Å². The first-order valence-corrected chi connectivity index (χ1v) is 7.94. The highest BCUT2D eigenvalue weighted by Crippen LogP contribution is 2.30. The molecule has 2 fully saturated rings. The lowest BCUT2D eigenvalue weighted by Crippen LogP contribution is -2.55. The van der Waals surface area contributed by atoms with Gasteiger partial charge in [0.15, 0.2) is 0 Å². The molecule has 0 spiro atoms. The first-order chi connectivity index (χ1) is 8.50. The monoisotopic (exact) mass is 277 g/mol. The maximum atomic E-state index is 12.2. The van der Waals surface area contributed by atoms with Gasteiger partial charge in [-0.15, -0.1) is 0 Å². The highest BCUT2D eigenvalue weighted by atomic mass is 32.2. The summed E-state index contributed by atoms with van der Waals surface area (Å²) in [5.74, 6) is -1.39. The summed E-state index contributed by atoms with van der Waals surface area (Å²) >= 11 is 0. The highest BCUT2D eigenvalue weighted by Gasteiger charge is 2.39. The topological polar surface area (TPSA) is 83.9 Å². The zero-order chi connectivity index (χ0) is 13.2. The Morgan fingerprint density at radius 3 is 2.78 bits per heavy atom. The molecule has 1 aliphatic heterocycles. The van der Waals surface area contributed by atoms with Gasteiger partial charge in [0.25, 0.3) is 0 Å².